The fourth-order valence-electron chi connectivity index (χ4n) is 2.42. The molecule has 2 aromatic carbocycles. The van der Waals surface area contributed by atoms with Crippen molar-refractivity contribution in [2.24, 2.45) is 0 Å². The molecule has 21 heavy (non-hydrogen) atoms. The van der Waals surface area contributed by atoms with E-state index in [1.807, 2.05) is 24.3 Å². The number of hydrogen-bond acceptors (Lipinski definition) is 2. The van der Waals surface area contributed by atoms with E-state index in [2.05, 4.69) is 38.1 Å². The largest absolute Gasteiger partial charge is 0.497 e. The lowest BCUT2D eigenvalue weighted by atomic mass is 9.98. The van der Waals surface area contributed by atoms with Gasteiger partial charge in [-0.25, -0.2) is 0 Å². The molecule has 0 amide bonds. The van der Waals surface area contributed by atoms with Crippen LogP contribution in [0.3, 0.4) is 0 Å². The Morgan fingerprint density at radius 2 is 1.33 bits per heavy atom. The van der Waals surface area contributed by atoms with Crippen LogP contribution in [0.5, 0.6) is 5.75 Å². The van der Waals surface area contributed by atoms with Crippen LogP contribution in [0.1, 0.15) is 36.5 Å². The van der Waals surface area contributed by atoms with Gasteiger partial charge in [-0.2, -0.15) is 0 Å². The highest BCUT2D eigenvalue weighted by Gasteiger charge is 2.08. The minimum atomic E-state index is -0.358. The molecule has 112 valence electrons. The SMILES string of the molecule is COc1ccc(CC(O)Cc2ccc(C(C)C)cc2)cc1. The molecule has 0 heterocycles. The summed E-state index contributed by atoms with van der Waals surface area (Å²) in [5.41, 5.74) is 3.64. The Bertz CT molecular complexity index is 541. The Kier molecular flexibility index (Phi) is 5.40. The zero-order valence-corrected chi connectivity index (χ0v) is 13.0. The molecule has 0 fully saturated rings. The van der Waals surface area contributed by atoms with Gasteiger partial charge in [0.25, 0.3) is 0 Å². The quantitative estimate of drug-likeness (QED) is 0.870. The van der Waals surface area contributed by atoms with E-state index in [0.29, 0.717) is 18.8 Å². The summed E-state index contributed by atoms with van der Waals surface area (Å²) in [6.45, 7) is 4.38. The van der Waals surface area contributed by atoms with Gasteiger partial charge in [0.2, 0.25) is 0 Å². The van der Waals surface area contributed by atoms with Crippen molar-refractivity contribution in [1.29, 1.82) is 0 Å². The zero-order chi connectivity index (χ0) is 15.2. The van der Waals surface area contributed by atoms with Crippen molar-refractivity contribution in [2.75, 3.05) is 7.11 Å². The Morgan fingerprint density at radius 3 is 1.76 bits per heavy atom. The second kappa shape index (κ2) is 7.28. The van der Waals surface area contributed by atoms with Gasteiger partial charge < -0.3 is 9.84 Å². The fraction of sp³-hybridized carbons (Fsp3) is 0.368. The Hall–Kier alpha value is -1.80. The Labute approximate surface area is 127 Å². The number of methoxy groups -OCH3 is 1. The summed E-state index contributed by atoms with van der Waals surface area (Å²) in [5, 5.41) is 10.2. The van der Waals surface area contributed by atoms with Gasteiger partial charge in [0.1, 0.15) is 5.75 Å². The van der Waals surface area contributed by atoms with Crippen LogP contribution in [-0.2, 0) is 12.8 Å². The fourth-order valence-corrected chi connectivity index (χ4v) is 2.42. The molecule has 0 radical (unpaired) electrons. The van der Waals surface area contributed by atoms with E-state index in [4.69, 9.17) is 4.74 Å². The van der Waals surface area contributed by atoms with Crippen LogP contribution < -0.4 is 4.74 Å². The van der Waals surface area contributed by atoms with E-state index >= 15 is 0 Å². The molecule has 2 heteroatoms. The van der Waals surface area contributed by atoms with Crippen molar-refractivity contribution in [3.05, 3.63) is 65.2 Å². The van der Waals surface area contributed by atoms with Crippen molar-refractivity contribution in [3.63, 3.8) is 0 Å². The smallest absolute Gasteiger partial charge is 0.118 e. The first-order valence-corrected chi connectivity index (χ1v) is 7.48. The maximum atomic E-state index is 10.2. The van der Waals surface area contributed by atoms with Gasteiger partial charge in [-0.05, 0) is 47.6 Å². The Morgan fingerprint density at radius 1 is 0.857 bits per heavy atom. The Balaban J connectivity index is 1.92. The van der Waals surface area contributed by atoms with Crippen molar-refractivity contribution in [2.45, 2.75) is 38.7 Å². The summed E-state index contributed by atoms with van der Waals surface area (Å²) < 4.78 is 5.14. The third-order valence-corrected chi connectivity index (χ3v) is 3.75. The molecule has 0 bridgehead atoms. The number of aliphatic hydroxyl groups is 1. The number of aliphatic hydroxyl groups excluding tert-OH is 1. The summed E-state index contributed by atoms with van der Waals surface area (Å²) in [4.78, 5) is 0. The molecule has 1 unspecified atom stereocenters. The van der Waals surface area contributed by atoms with E-state index in [1.54, 1.807) is 7.11 Å². The van der Waals surface area contributed by atoms with Crippen molar-refractivity contribution < 1.29 is 9.84 Å². The molecule has 0 spiro atoms. The van der Waals surface area contributed by atoms with E-state index < -0.39 is 0 Å². The normalized spacial score (nSPS) is 12.4. The first-order chi connectivity index (χ1) is 10.1. The van der Waals surface area contributed by atoms with E-state index in [9.17, 15) is 5.11 Å². The molecule has 0 aromatic heterocycles. The zero-order valence-electron chi connectivity index (χ0n) is 13.0. The van der Waals surface area contributed by atoms with Crippen LogP contribution in [0.2, 0.25) is 0 Å². The first kappa shape index (κ1) is 15.6. The third-order valence-electron chi connectivity index (χ3n) is 3.75. The van der Waals surface area contributed by atoms with Crippen LogP contribution in [0.4, 0.5) is 0 Å². The molecular formula is C19H24O2. The topological polar surface area (TPSA) is 29.5 Å². The van der Waals surface area contributed by atoms with Crippen molar-refractivity contribution >= 4 is 0 Å². The second-order valence-electron chi connectivity index (χ2n) is 5.81. The average molecular weight is 284 g/mol. The average Bonchev–Trinajstić information content (AvgIpc) is 2.48. The molecule has 0 saturated heterocycles. The molecule has 0 aliphatic heterocycles. The first-order valence-electron chi connectivity index (χ1n) is 7.48. The van der Waals surface area contributed by atoms with E-state index in [0.717, 1.165) is 11.3 Å². The lowest BCUT2D eigenvalue weighted by Crippen LogP contribution is -2.13. The molecule has 2 rings (SSSR count). The minimum Gasteiger partial charge on any atom is -0.497 e. The van der Waals surface area contributed by atoms with Gasteiger partial charge in [0, 0.05) is 0 Å². The maximum Gasteiger partial charge on any atom is 0.118 e. The summed E-state index contributed by atoms with van der Waals surface area (Å²) in [6, 6.07) is 16.4. The van der Waals surface area contributed by atoms with Crippen LogP contribution in [-0.4, -0.2) is 18.3 Å². The highest BCUT2D eigenvalue weighted by molar-refractivity contribution is 5.28. The monoisotopic (exact) mass is 284 g/mol. The molecule has 0 aliphatic rings. The molecular weight excluding hydrogens is 260 g/mol. The number of benzene rings is 2. The molecule has 2 nitrogen and oxygen atoms in total. The highest BCUT2D eigenvalue weighted by atomic mass is 16.5. The summed E-state index contributed by atoms with van der Waals surface area (Å²) in [6.07, 6.45) is 0.989. The summed E-state index contributed by atoms with van der Waals surface area (Å²) in [7, 11) is 1.66. The van der Waals surface area contributed by atoms with E-state index in [1.165, 1.54) is 11.1 Å². The van der Waals surface area contributed by atoms with Gasteiger partial charge in [-0.3, -0.25) is 0 Å². The molecule has 2 aromatic rings. The predicted molar refractivity (Wildman–Crippen MR) is 86.9 cm³/mol. The third kappa shape index (κ3) is 4.61. The maximum absolute atomic E-state index is 10.2. The molecule has 1 N–H and O–H groups in total. The lowest BCUT2D eigenvalue weighted by Gasteiger charge is -2.12. The van der Waals surface area contributed by atoms with Gasteiger partial charge in [0.15, 0.2) is 0 Å². The summed E-state index contributed by atoms with van der Waals surface area (Å²) in [5.74, 6) is 1.39. The number of rotatable bonds is 6. The van der Waals surface area contributed by atoms with Crippen LogP contribution in [0, 0.1) is 0 Å². The van der Waals surface area contributed by atoms with Crippen molar-refractivity contribution in [1.82, 2.24) is 0 Å². The van der Waals surface area contributed by atoms with Crippen LogP contribution >= 0.6 is 0 Å². The van der Waals surface area contributed by atoms with Crippen molar-refractivity contribution in [3.8, 4) is 5.75 Å². The number of ether oxygens (including phenoxy) is 1. The lowest BCUT2D eigenvalue weighted by molar-refractivity contribution is 0.175. The highest BCUT2D eigenvalue weighted by Crippen LogP contribution is 2.17. The summed E-state index contributed by atoms with van der Waals surface area (Å²) >= 11 is 0. The van der Waals surface area contributed by atoms with Crippen LogP contribution in [0.25, 0.3) is 0 Å². The predicted octanol–water partition coefficient (Wildman–Crippen LogP) is 3.96. The van der Waals surface area contributed by atoms with Gasteiger partial charge in [0.05, 0.1) is 13.2 Å². The van der Waals surface area contributed by atoms with Gasteiger partial charge >= 0.3 is 0 Å². The standard InChI is InChI=1S/C19H24O2/c1-14(2)17-8-4-15(5-9-17)12-18(20)13-16-6-10-19(21-3)11-7-16/h4-11,14,18,20H,12-13H2,1-3H3. The molecule has 0 saturated carbocycles. The molecule has 0 aliphatic carbocycles. The van der Waals surface area contributed by atoms with Crippen LogP contribution in [0.15, 0.2) is 48.5 Å². The van der Waals surface area contributed by atoms with Gasteiger partial charge in [-0.15, -0.1) is 0 Å². The number of hydrogen-bond donors (Lipinski definition) is 1. The second-order valence-corrected chi connectivity index (χ2v) is 5.81. The van der Waals surface area contributed by atoms with Gasteiger partial charge in [-0.1, -0.05) is 50.2 Å². The molecule has 1 atom stereocenters. The minimum absolute atomic E-state index is 0.358. The van der Waals surface area contributed by atoms with E-state index in [-0.39, 0.29) is 6.10 Å².